The number of rotatable bonds is 7. The molecule has 0 amide bonds. The van der Waals surface area contributed by atoms with Gasteiger partial charge in [0.25, 0.3) is 0 Å². The third-order valence-electron chi connectivity index (χ3n) is 4.49. The van der Waals surface area contributed by atoms with Gasteiger partial charge in [-0.05, 0) is 30.7 Å². The average Bonchev–Trinajstić information content (AvgIpc) is 2.84. The van der Waals surface area contributed by atoms with Crippen LogP contribution in [0, 0.1) is 0 Å². The van der Waals surface area contributed by atoms with E-state index < -0.39 is 0 Å². The van der Waals surface area contributed by atoms with Gasteiger partial charge in [0.15, 0.2) is 0 Å². The summed E-state index contributed by atoms with van der Waals surface area (Å²) in [7, 11) is 0. The molecule has 3 aromatic rings. The zero-order chi connectivity index (χ0) is 15.4. The summed E-state index contributed by atoms with van der Waals surface area (Å²) in [5.41, 5.74) is 2.50. The largest absolute Gasteiger partial charge is 0.508 e. The molecule has 0 bridgehead atoms. The molecule has 3 rings (SSSR count). The second kappa shape index (κ2) is 6.87. The lowest BCUT2D eigenvalue weighted by Gasteiger charge is -2.07. The van der Waals surface area contributed by atoms with E-state index in [9.17, 15) is 5.11 Å². The Hall–Kier alpha value is -1.96. The van der Waals surface area contributed by atoms with E-state index in [0.29, 0.717) is 5.75 Å². The first-order valence-electron chi connectivity index (χ1n) is 8.51. The molecule has 2 nitrogen and oxygen atoms in total. The second-order valence-corrected chi connectivity index (χ2v) is 6.14. The molecule has 1 N–H and O–H groups in total. The number of aryl methyl sites for hydroxylation is 1. The van der Waals surface area contributed by atoms with Crippen LogP contribution in [-0.2, 0) is 6.54 Å². The van der Waals surface area contributed by atoms with Gasteiger partial charge in [-0.15, -0.1) is 0 Å². The molecule has 1 aromatic heterocycles. The molecule has 116 valence electrons. The summed E-state index contributed by atoms with van der Waals surface area (Å²) in [6.07, 6.45) is 7.87. The molecule has 1 heterocycles. The molecule has 0 saturated heterocycles. The number of benzene rings is 2. The molecule has 0 aliphatic rings. The Balaban J connectivity index is 1.84. The van der Waals surface area contributed by atoms with Crippen LogP contribution < -0.4 is 0 Å². The van der Waals surface area contributed by atoms with Crippen molar-refractivity contribution < 1.29 is 5.11 Å². The van der Waals surface area contributed by atoms with Gasteiger partial charge in [-0.25, -0.2) is 0 Å². The van der Waals surface area contributed by atoms with Gasteiger partial charge in [0, 0.05) is 28.4 Å². The van der Waals surface area contributed by atoms with Crippen molar-refractivity contribution in [1.82, 2.24) is 4.57 Å². The molecule has 0 aliphatic carbocycles. The molecule has 2 aromatic carbocycles. The molecule has 0 atom stereocenters. The SMILES string of the molecule is CCCCCCCCn1c2ccccc2c2cc(O)ccc21. The number of phenols is 1. The van der Waals surface area contributed by atoms with Crippen LogP contribution in [0.3, 0.4) is 0 Å². The van der Waals surface area contributed by atoms with Crippen molar-refractivity contribution >= 4 is 21.8 Å². The zero-order valence-corrected chi connectivity index (χ0v) is 13.4. The minimum atomic E-state index is 0.343. The maximum atomic E-state index is 9.79. The third-order valence-corrected chi connectivity index (χ3v) is 4.49. The summed E-state index contributed by atoms with van der Waals surface area (Å²) in [5.74, 6) is 0.343. The van der Waals surface area contributed by atoms with E-state index in [2.05, 4.69) is 35.8 Å². The van der Waals surface area contributed by atoms with Gasteiger partial charge in [-0.1, -0.05) is 57.2 Å². The lowest BCUT2D eigenvalue weighted by Crippen LogP contribution is -1.97. The summed E-state index contributed by atoms with van der Waals surface area (Å²) in [6.45, 7) is 3.31. The van der Waals surface area contributed by atoms with E-state index in [0.717, 1.165) is 11.9 Å². The number of phenolic OH excluding ortho intramolecular Hbond substituents is 1. The minimum Gasteiger partial charge on any atom is -0.508 e. The fraction of sp³-hybridized carbons (Fsp3) is 0.400. The molecule has 2 heteroatoms. The Bertz CT molecular complexity index is 757. The summed E-state index contributed by atoms with van der Waals surface area (Å²) in [6, 6.07) is 14.2. The maximum absolute atomic E-state index is 9.79. The Kier molecular flexibility index (Phi) is 4.67. The summed E-state index contributed by atoms with van der Waals surface area (Å²) in [4.78, 5) is 0. The molecule has 22 heavy (non-hydrogen) atoms. The Morgan fingerprint density at radius 3 is 2.41 bits per heavy atom. The van der Waals surface area contributed by atoms with Crippen LogP contribution in [0.1, 0.15) is 45.4 Å². The highest BCUT2D eigenvalue weighted by molar-refractivity contribution is 6.08. The van der Waals surface area contributed by atoms with Crippen LogP contribution in [0.4, 0.5) is 0 Å². The number of unbranched alkanes of at least 4 members (excludes halogenated alkanes) is 5. The van der Waals surface area contributed by atoms with Crippen molar-refractivity contribution in [1.29, 1.82) is 0 Å². The second-order valence-electron chi connectivity index (χ2n) is 6.14. The number of aromatic nitrogens is 1. The first-order chi connectivity index (χ1) is 10.8. The van der Waals surface area contributed by atoms with Crippen molar-refractivity contribution in [3.8, 4) is 5.75 Å². The van der Waals surface area contributed by atoms with Gasteiger partial charge in [-0.2, -0.15) is 0 Å². The van der Waals surface area contributed by atoms with Gasteiger partial charge in [0.2, 0.25) is 0 Å². The molecule has 0 fully saturated rings. The van der Waals surface area contributed by atoms with E-state index in [-0.39, 0.29) is 0 Å². The van der Waals surface area contributed by atoms with Crippen LogP contribution in [0.25, 0.3) is 21.8 Å². The lowest BCUT2D eigenvalue weighted by atomic mass is 10.1. The van der Waals surface area contributed by atoms with Gasteiger partial charge < -0.3 is 9.67 Å². The zero-order valence-electron chi connectivity index (χ0n) is 13.4. The number of nitrogens with zero attached hydrogens (tertiary/aromatic N) is 1. The lowest BCUT2D eigenvalue weighted by molar-refractivity contribution is 0.476. The minimum absolute atomic E-state index is 0.343. The Morgan fingerprint density at radius 1 is 0.818 bits per heavy atom. The molecular weight excluding hydrogens is 270 g/mol. The monoisotopic (exact) mass is 295 g/mol. The van der Waals surface area contributed by atoms with Crippen molar-refractivity contribution in [3.05, 3.63) is 42.5 Å². The van der Waals surface area contributed by atoms with Crippen LogP contribution in [-0.4, -0.2) is 9.67 Å². The Labute approximate surface area is 132 Å². The number of para-hydroxylation sites is 1. The molecule has 0 aliphatic heterocycles. The molecular formula is C20H25NO. The highest BCUT2D eigenvalue weighted by atomic mass is 16.3. The highest BCUT2D eigenvalue weighted by Crippen LogP contribution is 2.31. The van der Waals surface area contributed by atoms with E-state index >= 15 is 0 Å². The predicted molar refractivity (Wildman–Crippen MR) is 94.5 cm³/mol. The van der Waals surface area contributed by atoms with Crippen molar-refractivity contribution in [2.45, 2.75) is 52.0 Å². The average molecular weight is 295 g/mol. The number of fused-ring (bicyclic) bond motifs is 3. The van der Waals surface area contributed by atoms with E-state index in [1.807, 2.05) is 12.1 Å². The summed E-state index contributed by atoms with van der Waals surface area (Å²) < 4.78 is 2.41. The smallest absolute Gasteiger partial charge is 0.116 e. The first-order valence-corrected chi connectivity index (χ1v) is 8.51. The summed E-state index contributed by atoms with van der Waals surface area (Å²) >= 11 is 0. The van der Waals surface area contributed by atoms with Gasteiger partial charge in [0.05, 0.1) is 0 Å². The van der Waals surface area contributed by atoms with Gasteiger partial charge in [-0.3, -0.25) is 0 Å². The maximum Gasteiger partial charge on any atom is 0.116 e. The fourth-order valence-electron chi connectivity index (χ4n) is 3.33. The Morgan fingerprint density at radius 2 is 1.55 bits per heavy atom. The van der Waals surface area contributed by atoms with Crippen molar-refractivity contribution in [2.75, 3.05) is 0 Å². The van der Waals surface area contributed by atoms with Crippen molar-refractivity contribution in [2.24, 2.45) is 0 Å². The molecule has 0 saturated carbocycles. The normalized spacial score (nSPS) is 11.5. The molecule has 0 unspecified atom stereocenters. The first kappa shape index (κ1) is 15.0. The number of aromatic hydroxyl groups is 1. The number of hydrogen-bond acceptors (Lipinski definition) is 1. The van der Waals surface area contributed by atoms with E-state index in [1.165, 1.54) is 54.9 Å². The van der Waals surface area contributed by atoms with E-state index in [4.69, 9.17) is 0 Å². The standard InChI is InChI=1S/C20H25NO/c1-2-3-4-5-6-9-14-21-19-11-8-7-10-17(19)18-15-16(22)12-13-20(18)21/h7-8,10-13,15,22H,2-6,9,14H2,1H3. The summed E-state index contributed by atoms with van der Waals surface area (Å²) in [5, 5.41) is 12.2. The van der Waals surface area contributed by atoms with Crippen molar-refractivity contribution in [3.63, 3.8) is 0 Å². The predicted octanol–water partition coefficient (Wildman–Crippen LogP) is 5.86. The molecule has 0 radical (unpaired) electrons. The van der Waals surface area contributed by atoms with Crippen LogP contribution >= 0.6 is 0 Å². The topological polar surface area (TPSA) is 25.2 Å². The van der Waals surface area contributed by atoms with Crippen LogP contribution in [0.15, 0.2) is 42.5 Å². The third kappa shape index (κ3) is 2.96. The quantitative estimate of drug-likeness (QED) is 0.542. The fourth-order valence-corrected chi connectivity index (χ4v) is 3.33. The van der Waals surface area contributed by atoms with Crippen LogP contribution in [0.5, 0.6) is 5.75 Å². The van der Waals surface area contributed by atoms with Gasteiger partial charge in [0.1, 0.15) is 5.75 Å². The van der Waals surface area contributed by atoms with Crippen LogP contribution in [0.2, 0.25) is 0 Å². The number of hydrogen-bond donors (Lipinski definition) is 1. The van der Waals surface area contributed by atoms with Gasteiger partial charge >= 0.3 is 0 Å². The van der Waals surface area contributed by atoms with E-state index in [1.54, 1.807) is 6.07 Å². The highest BCUT2D eigenvalue weighted by Gasteiger charge is 2.10. The molecule has 0 spiro atoms.